The first-order chi connectivity index (χ1) is 8.71. The van der Waals surface area contributed by atoms with E-state index < -0.39 is 0 Å². The van der Waals surface area contributed by atoms with Crippen molar-refractivity contribution in [1.82, 2.24) is 15.0 Å². The normalized spacial score (nSPS) is 10.2. The van der Waals surface area contributed by atoms with E-state index in [-0.39, 0.29) is 12.0 Å². The SMILES string of the molecule is COc1nc(Cc2ccc(Cl)cc2)nc(OC)n1. The van der Waals surface area contributed by atoms with E-state index in [2.05, 4.69) is 15.0 Å². The molecular weight excluding hydrogens is 254 g/mol. The molecule has 5 nitrogen and oxygen atoms in total. The number of benzene rings is 1. The molecule has 0 aliphatic carbocycles. The molecule has 1 heterocycles. The topological polar surface area (TPSA) is 57.1 Å². The molecule has 0 aliphatic heterocycles. The van der Waals surface area contributed by atoms with Crippen LogP contribution in [0.5, 0.6) is 12.0 Å². The fraction of sp³-hybridized carbons (Fsp3) is 0.250. The Hall–Kier alpha value is -1.88. The summed E-state index contributed by atoms with van der Waals surface area (Å²) in [6.07, 6.45) is 0.562. The zero-order chi connectivity index (χ0) is 13.0. The maximum atomic E-state index is 5.83. The number of rotatable bonds is 4. The lowest BCUT2D eigenvalue weighted by atomic mass is 10.1. The first kappa shape index (κ1) is 12.6. The highest BCUT2D eigenvalue weighted by atomic mass is 35.5. The molecule has 0 unspecified atom stereocenters. The largest absolute Gasteiger partial charge is 0.467 e. The molecule has 0 N–H and O–H groups in total. The van der Waals surface area contributed by atoms with Crippen LogP contribution in [0.4, 0.5) is 0 Å². The van der Waals surface area contributed by atoms with Gasteiger partial charge in [0, 0.05) is 11.4 Å². The maximum absolute atomic E-state index is 5.83. The van der Waals surface area contributed by atoms with Crippen LogP contribution >= 0.6 is 11.6 Å². The highest BCUT2D eigenvalue weighted by molar-refractivity contribution is 6.30. The quantitative estimate of drug-likeness (QED) is 0.848. The molecule has 1 aromatic carbocycles. The van der Waals surface area contributed by atoms with Crippen molar-refractivity contribution in [2.24, 2.45) is 0 Å². The summed E-state index contributed by atoms with van der Waals surface area (Å²) < 4.78 is 9.98. The number of ether oxygens (including phenoxy) is 2. The fourth-order valence-electron chi connectivity index (χ4n) is 1.42. The van der Waals surface area contributed by atoms with Crippen LogP contribution in [-0.2, 0) is 6.42 Å². The van der Waals surface area contributed by atoms with Crippen molar-refractivity contribution in [3.63, 3.8) is 0 Å². The van der Waals surface area contributed by atoms with Crippen LogP contribution in [0.25, 0.3) is 0 Å². The Morgan fingerprint density at radius 3 is 2.00 bits per heavy atom. The van der Waals surface area contributed by atoms with Crippen molar-refractivity contribution in [2.45, 2.75) is 6.42 Å². The van der Waals surface area contributed by atoms with E-state index in [9.17, 15) is 0 Å². The van der Waals surface area contributed by atoms with Crippen molar-refractivity contribution in [3.8, 4) is 12.0 Å². The molecule has 0 saturated heterocycles. The Balaban J connectivity index is 2.25. The van der Waals surface area contributed by atoms with Gasteiger partial charge in [-0.15, -0.1) is 4.98 Å². The van der Waals surface area contributed by atoms with Crippen molar-refractivity contribution < 1.29 is 9.47 Å². The second-order valence-electron chi connectivity index (χ2n) is 3.53. The highest BCUT2D eigenvalue weighted by Crippen LogP contribution is 2.14. The first-order valence-electron chi connectivity index (χ1n) is 5.28. The number of methoxy groups -OCH3 is 2. The molecule has 0 amide bonds. The van der Waals surface area contributed by atoms with Gasteiger partial charge < -0.3 is 9.47 Å². The Morgan fingerprint density at radius 1 is 0.944 bits per heavy atom. The van der Waals surface area contributed by atoms with Crippen LogP contribution < -0.4 is 9.47 Å². The van der Waals surface area contributed by atoms with Crippen molar-refractivity contribution in [2.75, 3.05) is 14.2 Å². The maximum Gasteiger partial charge on any atom is 0.322 e. The third-order valence-corrected chi connectivity index (χ3v) is 2.53. The average molecular weight is 266 g/mol. The lowest BCUT2D eigenvalue weighted by Gasteiger charge is -2.05. The van der Waals surface area contributed by atoms with Gasteiger partial charge in [-0.05, 0) is 17.7 Å². The Labute approximate surface area is 110 Å². The molecule has 0 atom stereocenters. The van der Waals surface area contributed by atoms with Crippen molar-refractivity contribution >= 4 is 11.6 Å². The van der Waals surface area contributed by atoms with Gasteiger partial charge in [-0.3, -0.25) is 0 Å². The van der Waals surface area contributed by atoms with Gasteiger partial charge in [0.15, 0.2) is 0 Å². The molecule has 6 heteroatoms. The van der Waals surface area contributed by atoms with E-state index in [1.165, 1.54) is 14.2 Å². The average Bonchev–Trinajstić information content (AvgIpc) is 2.41. The van der Waals surface area contributed by atoms with E-state index in [1.807, 2.05) is 24.3 Å². The molecule has 2 aromatic rings. The summed E-state index contributed by atoms with van der Waals surface area (Å²) in [6.45, 7) is 0. The number of nitrogens with zero attached hydrogens (tertiary/aromatic N) is 3. The number of halogens is 1. The van der Waals surface area contributed by atoms with Crippen LogP contribution in [0.3, 0.4) is 0 Å². The van der Waals surface area contributed by atoms with Gasteiger partial charge in [0.2, 0.25) is 0 Å². The van der Waals surface area contributed by atoms with Crippen LogP contribution in [0.1, 0.15) is 11.4 Å². The predicted molar refractivity (Wildman–Crippen MR) is 67.2 cm³/mol. The molecule has 94 valence electrons. The van der Waals surface area contributed by atoms with E-state index in [0.29, 0.717) is 17.3 Å². The summed E-state index contributed by atoms with van der Waals surface area (Å²) in [5, 5.41) is 0.699. The van der Waals surface area contributed by atoms with Crippen molar-refractivity contribution in [3.05, 3.63) is 40.7 Å². The molecule has 2 rings (SSSR count). The van der Waals surface area contributed by atoms with Gasteiger partial charge in [-0.1, -0.05) is 23.7 Å². The molecule has 0 radical (unpaired) electrons. The van der Waals surface area contributed by atoms with Gasteiger partial charge in [-0.2, -0.15) is 9.97 Å². The fourth-order valence-corrected chi connectivity index (χ4v) is 1.55. The minimum atomic E-state index is 0.241. The van der Waals surface area contributed by atoms with E-state index in [0.717, 1.165) is 5.56 Å². The summed E-state index contributed by atoms with van der Waals surface area (Å²) in [5.74, 6) is 0.584. The number of hydrogen-bond donors (Lipinski definition) is 0. The smallest absolute Gasteiger partial charge is 0.322 e. The molecular formula is C12H12ClN3O2. The van der Waals surface area contributed by atoms with Crippen LogP contribution in [0.15, 0.2) is 24.3 Å². The zero-order valence-electron chi connectivity index (χ0n) is 10.1. The Bertz CT molecular complexity index is 509. The molecule has 1 aromatic heterocycles. The summed E-state index contributed by atoms with van der Waals surface area (Å²) >= 11 is 5.83. The van der Waals surface area contributed by atoms with Crippen LogP contribution in [0.2, 0.25) is 5.02 Å². The van der Waals surface area contributed by atoms with Crippen molar-refractivity contribution in [1.29, 1.82) is 0 Å². The van der Waals surface area contributed by atoms with Gasteiger partial charge in [0.1, 0.15) is 5.82 Å². The second-order valence-corrected chi connectivity index (χ2v) is 3.96. The molecule has 0 bridgehead atoms. The number of aromatic nitrogens is 3. The zero-order valence-corrected chi connectivity index (χ0v) is 10.8. The molecule has 0 fully saturated rings. The summed E-state index contributed by atoms with van der Waals surface area (Å²) in [5.41, 5.74) is 1.05. The monoisotopic (exact) mass is 265 g/mol. The summed E-state index contributed by atoms with van der Waals surface area (Å²) in [4.78, 5) is 12.3. The van der Waals surface area contributed by atoms with Crippen LogP contribution in [0, 0.1) is 0 Å². The molecule has 18 heavy (non-hydrogen) atoms. The van der Waals surface area contributed by atoms with Crippen LogP contribution in [-0.4, -0.2) is 29.2 Å². The standard InChI is InChI=1S/C12H12ClN3O2/c1-17-11-14-10(15-12(16-11)18-2)7-8-3-5-9(13)6-4-8/h3-6H,7H2,1-2H3. The predicted octanol–water partition coefficient (Wildman–Crippen LogP) is 2.13. The number of hydrogen-bond acceptors (Lipinski definition) is 5. The summed E-state index contributed by atoms with van der Waals surface area (Å²) in [7, 11) is 3.00. The Morgan fingerprint density at radius 2 is 1.50 bits per heavy atom. The minimum absolute atomic E-state index is 0.241. The lowest BCUT2D eigenvalue weighted by Crippen LogP contribution is -2.04. The van der Waals surface area contributed by atoms with E-state index in [4.69, 9.17) is 21.1 Å². The summed E-state index contributed by atoms with van der Waals surface area (Å²) in [6, 6.07) is 7.98. The van der Waals surface area contributed by atoms with Gasteiger partial charge >= 0.3 is 12.0 Å². The highest BCUT2D eigenvalue weighted by Gasteiger charge is 2.07. The second kappa shape index (κ2) is 5.64. The third-order valence-electron chi connectivity index (χ3n) is 2.28. The third kappa shape index (κ3) is 3.07. The molecule has 0 aliphatic rings. The molecule has 0 saturated carbocycles. The van der Waals surface area contributed by atoms with Gasteiger partial charge in [0.05, 0.1) is 14.2 Å². The van der Waals surface area contributed by atoms with Gasteiger partial charge in [0.25, 0.3) is 0 Å². The molecule has 0 spiro atoms. The minimum Gasteiger partial charge on any atom is -0.467 e. The van der Waals surface area contributed by atoms with Gasteiger partial charge in [-0.25, -0.2) is 0 Å². The van der Waals surface area contributed by atoms with E-state index in [1.54, 1.807) is 0 Å². The first-order valence-corrected chi connectivity index (χ1v) is 5.66. The lowest BCUT2D eigenvalue weighted by molar-refractivity contribution is 0.337. The Kier molecular flexibility index (Phi) is 3.94. The van der Waals surface area contributed by atoms with E-state index >= 15 is 0 Å².